The molecule has 2 nitrogen and oxygen atoms in total. The van der Waals surface area contributed by atoms with Crippen LogP contribution in [0.4, 0.5) is 17.1 Å². The fourth-order valence-corrected chi connectivity index (χ4v) is 8.49. The van der Waals surface area contributed by atoms with Crippen molar-refractivity contribution in [2.75, 3.05) is 4.90 Å². The maximum atomic E-state index is 6.42. The first-order valence-corrected chi connectivity index (χ1v) is 19.2. The van der Waals surface area contributed by atoms with Crippen LogP contribution in [0.15, 0.2) is 217 Å². The molecular weight excluding hydrogens is 679 g/mol. The van der Waals surface area contributed by atoms with Gasteiger partial charge in [0.25, 0.3) is 0 Å². The molecule has 0 bridgehead atoms. The maximum Gasteiger partial charge on any atom is 0.143 e. The summed E-state index contributed by atoms with van der Waals surface area (Å²) in [6.45, 7) is 0. The van der Waals surface area contributed by atoms with E-state index in [0.717, 1.165) is 50.1 Å². The number of benzene rings is 10. The van der Waals surface area contributed by atoms with Crippen molar-refractivity contribution in [1.82, 2.24) is 0 Å². The lowest BCUT2D eigenvalue weighted by atomic mass is 9.94. The number of anilines is 3. The number of para-hydroxylation sites is 2. The normalized spacial score (nSPS) is 11.6. The molecular formula is C54H35NO. The SMILES string of the molecule is c1cc(-c2ccc3ccccc3c2)cc(N(c2ccc(-c3cccc4c3ccc3ccccc34)cc2)c2ccc(-c3cccc4c3oc3ccccc34)cc2)c1. The number of hydrogen-bond donors (Lipinski definition) is 0. The van der Waals surface area contributed by atoms with E-state index in [0.29, 0.717) is 0 Å². The van der Waals surface area contributed by atoms with E-state index >= 15 is 0 Å². The van der Waals surface area contributed by atoms with Gasteiger partial charge in [-0.3, -0.25) is 0 Å². The molecule has 11 aromatic rings. The summed E-state index contributed by atoms with van der Waals surface area (Å²) < 4.78 is 6.42. The zero-order chi connectivity index (χ0) is 37.0. The Hall–Kier alpha value is -7.42. The number of nitrogens with zero attached hydrogens (tertiary/aromatic N) is 1. The summed E-state index contributed by atoms with van der Waals surface area (Å²) in [5.41, 5.74) is 12.1. The van der Waals surface area contributed by atoms with E-state index in [9.17, 15) is 0 Å². The number of hydrogen-bond acceptors (Lipinski definition) is 2. The molecule has 0 aliphatic rings. The van der Waals surface area contributed by atoms with Gasteiger partial charge in [-0.2, -0.15) is 0 Å². The predicted molar refractivity (Wildman–Crippen MR) is 237 cm³/mol. The summed E-state index contributed by atoms with van der Waals surface area (Å²) in [4.78, 5) is 2.36. The molecule has 0 N–H and O–H groups in total. The molecule has 0 aliphatic heterocycles. The summed E-state index contributed by atoms with van der Waals surface area (Å²) in [6, 6.07) is 76.5. The highest BCUT2D eigenvalue weighted by molar-refractivity contribution is 6.12. The highest BCUT2D eigenvalue weighted by atomic mass is 16.3. The zero-order valence-electron chi connectivity index (χ0n) is 30.6. The molecule has 1 heterocycles. The lowest BCUT2D eigenvalue weighted by Gasteiger charge is -2.26. The van der Waals surface area contributed by atoms with Crippen LogP contribution in [0.1, 0.15) is 0 Å². The van der Waals surface area contributed by atoms with Gasteiger partial charge in [-0.1, -0.05) is 164 Å². The Bertz CT molecular complexity index is 3250. The van der Waals surface area contributed by atoms with Crippen LogP contribution in [0.3, 0.4) is 0 Å². The van der Waals surface area contributed by atoms with Gasteiger partial charge in [0.2, 0.25) is 0 Å². The standard InChI is InChI=1S/C54H35NO/c1-2-12-40-34-42(23-22-36(40)10-1)41-13-7-14-45(35-41)55(44-31-26-39(27-32-44)48-18-9-20-52-51-16-5-6-21-53(51)56-54(48)52)43-29-24-38(25-30-43)47-17-8-19-49-46-15-4-3-11-37(46)28-33-50(47)49/h1-35H. The van der Waals surface area contributed by atoms with Crippen molar-refractivity contribution < 1.29 is 4.42 Å². The average Bonchev–Trinajstić information content (AvgIpc) is 3.66. The minimum atomic E-state index is 0.907. The van der Waals surface area contributed by atoms with Crippen LogP contribution in [0, 0.1) is 0 Å². The molecule has 0 unspecified atom stereocenters. The third kappa shape index (κ3) is 5.42. The highest BCUT2D eigenvalue weighted by Crippen LogP contribution is 2.41. The van der Waals surface area contributed by atoms with Crippen molar-refractivity contribution in [2.45, 2.75) is 0 Å². The van der Waals surface area contributed by atoms with Gasteiger partial charge in [0.1, 0.15) is 11.2 Å². The molecule has 11 rings (SSSR count). The van der Waals surface area contributed by atoms with E-state index in [1.807, 2.05) is 12.1 Å². The van der Waals surface area contributed by atoms with Gasteiger partial charge < -0.3 is 9.32 Å². The first-order chi connectivity index (χ1) is 27.7. The monoisotopic (exact) mass is 713 g/mol. The minimum Gasteiger partial charge on any atom is -0.455 e. The molecule has 0 aliphatic carbocycles. The Labute approximate surface area is 325 Å². The molecule has 10 aromatic carbocycles. The Morgan fingerprint density at radius 3 is 1.66 bits per heavy atom. The molecule has 0 saturated carbocycles. The Morgan fingerprint density at radius 1 is 0.286 bits per heavy atom. The molecule has 0 amide bonds. The van der Waals surface area contributed by atoms with E-state index < -0.39 is 0 Å². The van der Waals surface area contributed by atoms with Crippen LogP contribution in [0.5, 0.6) is 0 Å². The quantitative estimate of drug-likeness (QED) is 0.160. The summed E-state index contributed by atoms with van der Waals surface area (Å²) in [5.74, 6) is 0. The van der Waals surface area contributed by atoms with Gasteiger partial charge in [0.05, 0.1) is 0 Å². The first-order valence-electron chi connectivity index (χ1n) is 19.2. The Morgan fingerprint density at radius 2 is 0.857 bits per heavy atom. The lowest BCUT2D eigenvalue weighted by Crippen LogP contribution is -2.10. The van der Waals surface area contributed by atoms with E-state index in [2.05, 4.69) is 205 Å². The Balaban J connectivity index is 1.02. The fourth-order valence-electron chi connectivity index (χ4n) is 8.49. The van der Waals surface area contributed by atoms with Crippen LogP contribution in [0.25, 0.3) is 87.6 Å². The lowest BCUT2D eigenvalue weighted by molar-refractivity contribution is 0.670. The molecule has 1 aromatic heterocycles. The van der Waals surface area contributed by atoms with Crippen molar-refractivity contribution in [1.29, 1.82) is 0 Å². The molecule has 2 heteroatoms. The molecule has 262 valence electrons. The fraction of sp³-hybridized carbons (Fsp3) is 0. The second-order valence-corrected chi connectivity index (χ2v) is 14.5. The van der Waals surface area contributed by atoms with Crippen LogP contribution in [-0.2, 0) is 0 Å². The molecule has 0 atom stereocenters. The van der Waals surface area contributed by atoms with Crippen molar-refractivity contribution in [2.24, 2.45) is 0 Å². The summed E-state index contributed by atoms with van der Waals surface area (Å²) in [5, 5.41) is 9.82. The van der Waals surface area contributed by atoms with Gasteiger partial charge in [-0.15, -0.1) is 0 Å². The van der Waals surface area contributed by atoms with Crippen molar-refractivity contribution in [3.63, 3.8) is 0 Å². The van der Waals surface area contributed by atoms with E-state index in [4.69, 9.17) is 4.42 Å². The van der Waals surface area contributed by atoms with E-state index in [-0.39, 0.29) is 0 Å². The van der Waals surface area contributed by atoms with Gasteiger partial charge in [0, 0.05) is 33.4 Å². The van der Waals surface area contributed by atoms with Gasteiger partial charge in [-0.25, -0.2) is 0 Å². The number of rotatable bonds is 6. The van der Waals surface area contributed by atoms with Gasteiger partial charge in [-0.05, 0) is 109 Å². The minimum absolute atomic E-state index is 0.907. The molecule has 0 radical (unpaired) electrons. The summed E-state index contributed by atoms with van der Waals surface area (Å²) in [6.07, 6.45) is 0. The molecule has 0 fully saturated rings. The molecule has 56 heavy (non-hydrogen) atoms. The van der Waals surface area contributed by atoms with Crippen molar-refractivity contribution in [3.8, 4) is 33.4 Å². The van der Waals surface area contributed by atoms with Gasteiger partial charge in [0.15, 0.2) is 0 Å². The molecule has 0 spiro atoms. The average molecular weight is 714 g/mol. The second-order valence-electron chi connectivity index (χ2n) is 14.5. The Kier molecular flexibility index (Phi) is 7.53. The largest absolute Gasteiger partial charge is 0.455 e. The maximum absolute atomic E-state index is 6.42. The highest BCUT2D eigenvalue weighted by Gasteiger charge is 2.17. The van der Waals surface area contributed by atoms with Crippen LogP contribution in [-0.4, -0.2) is 0 Å². The predicted octanol–water partition coefficient (Wildman–Crippen LogP) is 15.5. The third-order valence-corrected chi connectivity index (χ3v) is 11.3. The first kappa shape index (κ1) is 32.0. The second kappa shape index (κ2) is 13.2. The third-order valence-electron chi connectivity index (χ3n) is 11.3. The number of furan rings is 1. The summed E-state index contributed by atoms with van der Waals surface area (Å²) >= 11 is 0. The van der Waals surface area contributed by atoms with Gasteiger partial charge >= 0.3 is 0 Å². The zero-order valence-corrected chi connectivity index (χ0v) is 30.6. The smallest absolute Gasteiger partial charge is 0.143 e. The van der Waals surface area contributed by atoms with Crippen LogP contribution in [0.2, 0.25) is 0 Å². The van der Waals surface area contributed by atoms with E-state index in [1.165, 1.54) is 54.6 Å². The topological polar surface area (TPSA) is 16.4 Å². The molecule has 0 saturated heterocycles. The van der Waals surface area contributed by atoms with E-state index in [1.54, 1.807) is 0 Å². The van der Waals surface area contributed by atoms with Crippen molar-refractivity contribution in [3.05, 3.63) is 212 Å². The summed E-state index contributed by atoms with van der Waals surface area (Å²) in [7, 11) is 0. The van der Waals surface area contributed by atoms with Crippen LogP contribution >= 0.6 is 0 Å². The number of fused-ring (bicyclic) bond motifs is 7. The van der Waals surface area contributed by atoms with Crippen LogP contribution < -0.4 is 4.90 Å². The van der Waals surface area contributed by atoms with Crippen molar-refractivity contribution >= 4 is 71.3 Å².